The fraction of sp³-hybridized carbons (Fsp3) is 0.538. The van der Waals surface area contributed by atoms with Crippen molar-refractivity contribution in [2.75, 3.05) is 13.2 Å². The van der Waals surface area contributed by atoms with E-state index < -0.39 is 11.2 Å². The van der Waals surface area contributed by atoms with Gasteiger partial charge >= 0.3 is 0 Å². The SMILES string of the molecule is CCCC(CO)(CO)Cc1ccc(Cl)c(F)c1. The van der Waals surface area contributed by atoms with Crippen LogP contribution in [-0.4, -0.2) is 23.4 Å². The summed E-state index contributed by atoms with van der Waals surface area (Å²) in [4.78, 5) is 0. The summed E-state index contributed by atoms with van der Waals surface area (Å²) in [5, 5.41) is 18.9. The summed E-state index contributed by atoms with van der Waals surface area (Å²) in [6.45, 7) is 1.77. The van der Waals surface area contributed by atoms with E-state index in [1.165, 1.54) is 12.1 Å². The lowest BCUT2D eigenvalue weighted by atomic mass is 9.79. The minimum atomic E-state index is -0.574. The van der Waals surface area contributed by atoms with Gasteiger partial charge in [-0.15, -0.1) is 0 Å². The van der Waals surface area contributed by atoms with E-state index in [1.807, 2.05) is 6.92 Å². The van der Waals surface area contributed by atoms with Crippen molar-refractivity contribution in [3.05, 3.63) is 34.6 Å². The summed E-state index contributed by atoms with van der Waals surface area (Å²) in [6, 6.07) is 4.58. The molecule has 0 amide bonds. The lowest BCUT2D eigenvalue weighted by Crippen LogP contribution is -2.32. The van der Waals surface area contributed by atoms with Crippen LogP contribution in [0.2, 0.25) is 5.02 Å². The Hall–Kier alpha value is -0.640. The van der Waals surface area contributed by atoms with Crippen LogP contribution in [0.3, 0.4) is 0 Å². The molecule has 0 aromatic heterocycles. The highest BCUT2D eigenvalue weighted by Crippen LogP contribution is 2.29. The third-order valence-corrected chi connectivity index (χ3v) is 3.32. The normalized spacial score (nSPS) is 11.8. The van der Waals surface area contributed by atoms with Gasteiger partial charge in [-0.05, 0) is 30.5 Å². The lowest BCUT2D eigenvalue weighted by molar-refractivity contribution is 0.0466. The third-order valence-electron chi connectivity index (χ3n) is 3.01. The number of aliphatic hydroxyl groups is 2. The summed E-state index contributed by atoms with van der Waals surface area (Å²) in [7, 11) is 0. The molecule has 0 atom stereocenters. The monoisotopic (exact) mass is 260 g/mol. The van der Waals surface area contributed by atoms with Crippen molar-refractivity contribution in [3.63, 3.8) is 0 Å². The molecule has 0 saturated heterocycles. The van der Waals surface area contributed by atoms with E-state index in [9.17, 15) is 14.6 Å². The van der Waals surface area contributed by atoms with Gasteiger partial charge in [-0.2, -0.15) is 0 Å². The fourth-order valence-electron chi connectivity index (χ4n) is 2.02. The first-order valence-electron chi connectivity index (χ1n) is 5.72. The van der Waals surface area contributed by atoms with Gasteiger partial charge in [-0.25, -0.2) is 4.39 Å². The Morgan fingerprint density at radius 3 is 2.41 bits per heavy atom. The van der Waals surface area contributed by atoms with Gasteiger partial charge in [-0.1, -0.05) is 31.0 Å². The average molecular weight is 261 g/mol. The summed E-state index contributed by atoms with van der Waals surface area (Å²) in [6.07, 6.45) is 2.00. The van der Waals surface area contributed by atoms with E-state index in [4.69, 9.17) is 11.6 Å². The molecular formula is C13H18ClFO2. The number of hydrogen-bond acceptors (Lipinski definition) is 2. The highest BCUT2D eigenvalue weighted by atomic mass is 35.5. The van der Waals surface area contributed by atoms with Crippen LogP contribution in [0.5, 0.6) is 0 Å². The van der Waals surface area contributed by atoms with E-state index in [0.29, 0.717) is 12.8 Å². The van der Waals surface area contributed by atoms with Crippen LogP contribution in [0.4, 0.5) is 4.39 Å². The molecule has 1 aromatic carbocycles. The van der Waals surface area contributed by atoms with Gasteiger partial charge in [0, 0.05) is 5.41 Å². The van der Waals surface area contributed by atoms with Gasteiger partial charge in [0.2, 0.25) is 0 Å². The van der Waals surface area contributed by atoms with E-state index >= 15 is 0 Å². The molecule has 0 aliphatic rings. The van der Waals surface area contributed by atoms with E-state index in [2.05, 4.69) is 0 Å². The van der Waals surface area contributed by atoms with Gasteiger partial charge < -0.3 is 10.2 Å². The van der Waals surface area contributed by atoms with Crippen molar-refractivity contribution in [2.24, 2.45) is 5.41 Å². The van der Waals surface area contributed by atoms with Crippen molar-refractivity contribution in [3.8, 4) is 0 Å². The van der Waals surface area contributed by atoms with Crippen molar-refractivity contribution < 1.29 is 14.6 Å². The topological polar surface area (TPSA) is 40.5 Å². The zero-order valence-electron chi connectivity index (χ0n) is 9.92. The van der Waals surface area contributed by atoms with E-state index in [1.54, 1.807) is 6.07 Å². The molecule has 0 heterocycles. The lowest BCUT2D eigenvalue weighted by Gasteiger charge is -2.29. The van der Waals surface area contributed by atoms with Crippen LogP contribution in [0.15, 0.2) is 18.2 Å². The summed E-state index contributed by atoms with van der Waals surface area (Å²) >= 11 is 5.61. The zero-order chi connectivity index (χ0) is 12.9. The second-order valence-corrected chi connectivity index (χ2v) is 4.90. The predicted octanol–water partition coefficient (Wildman–Crippen LogP) is 2.79. The number of halogens is 2. The number of rotatable bonds is 6. The Bertz CT molecular complexity index is 364. The molecule has 0 saturated carbocycles. The summed E-state index contributed by atoms with van der Waals surface area (Å²) in [5.41, 5.74) is 0.165. The first-order valence-corrected chi connectivity index (χ1v) is 6.10. The molecule has 4 heteroatoms. The zero-order valence-corrected chi connectivity index (χ0v) is 10.7. The summed E-state index contributed by atoms with van der Waals surface area (Å²) < 4.78 is 13.3. The Labute approximate surface area is 106 Å². The molecule has 0 aliphatic heterocycles. The molecule has 0 spiro atoms. The van der Waals surface area contributed by atoms with Gasteiger partial charge in [0.1, 0.15) is 5.82 Å². The smallest absolute Gasteiger partial charge is 0.142 e. The predicted molar refractivity (Wildman–Crippen MR) is 66.6 cm³/mol. The Kier molecular flexibility index (Phi) is 5.37. The van der Waals surface area contributed by atoms with Crippen LogP contribution in [0.1, 0.15) is 25.3 Å². The third kappa shape index (κ3) is 3.66. The molecule has 0 fully saturated rings. The summed E-state index contributed by atoms with van der Waals surface area (Å²) in [5.74, 6) is -0.467. The van der Waals surface area contributed by atoms with Crippen molar-refractivity contribution in [1.29, 1.82) is 0 Å². The largest absolute Gasteiger partial charge is 0.396 e. The van der Waals surface area contributed by atoms with Crippen molar-refractivity contribution in [2.45, 2.75) is 26.2 Å². The van der Waals surface area contributed by atoms with Crippen molar-refractivity contribution >= 4 is 11.6 Å². The second kappa shape index (κ2) is 6.34. The molecule has 96 valence electrons. The maximum absolute atomic E-state index is 13.3. The van der Waals surface area contributed by atoms with Crippen LogP contribution in [-0.2, 0) is 6.42 Å². The molecule has 1 aromatic rings. The minimum Gasteiger partial charge on any atom is -0.396 e. The number of aliphatic hydroxyl groups excluding tert-OH is 2. The fourth-order valence-corrected chi connectivity index (χ4v) is 2.14. The minimum absolute atomic E-state index is 0.0860. The van der Waals surface area contributed by atoms with Gasteiger partial charge in [0.15, 0.2) is 0 Å². The molecule has 1 rings (SSSR count). The molecular weight excluding hydrogens is 243 g/mol. The number of benzene rings is 1. The van der Waals surface area contributed by atoms with E-state index in [0.717, 1.165) is 12.0 Å². The van der Waals surface area contributed by atoms with Crippen LogP contribution < -0.4 is 0 Å². The van der Waals surface area contributed by atoms with Gasteiger partial charge in [-0.3, -0.25) is 0 Å². The van der Waals surface area contributed by atoms with Gasteiger partial charge in [0.25, 0.3) is 0 Å². The average Bonchev–Trinajstić information content (AvgIpc) is 2.33. The maximum Gasteiger partial charge on any atom is 0.142 e. The molecule has 17 heavy (non-hydrogen) atoms. The Balaban J connectivity index is 2.89. The molecule has 0 radical (unpaired) electrons. The molecule has 2 N–H and O–H groups in total. The van der Waals surface area contributed by atoms with Gasteiger partial charge in [0.05, 0.1) is 18.2 Å². The first kappa shape index (κ1) is 14.4. The number of hydrogen-bond donors (Lipinski definition) is 2. The highest BCUT2D eigenvalue weighted by molar-refractivity contribution is 6.30. The van der Waals surface area contributed by atoms with E-state index in [-0.39, 0.29) is 18.2 Å². The molecule has 0 unspecified atom stereocenters. The second-order valence-electron chi connectivity index (χ2n) is 4.49. The molecule has 0 bridgehead atoms. The highest BCUT2D eigenvalue weighted by Gasteiger charge is 2.28. The Morgan fingerprint density at radius 2 is 1.94 bits per heavy atom. The van der Waals surface area contributed by atoms with Crippen LogP contribution in [0, 0.1) is 11.2 Å². The molecule has 0 aliphatic carbocycles. The molecule has 2 nitrogen and oxygen atoms in total. The quantitative estimate of drug-likeness (QED) is 0.826. The van der Waals surface area contributed by atoms with Crippen LogP contribution in [0.25, 0.3) is 0 Å². The van der Waals surface area contributed by atoms with Crippen LogP contribution >= 0.6 is 11.6 Å². The standard InChI is InChI=1S/C13H18ClFO2/c1-2-5-13(8-16,9-17)7-10-3-4-11(14)12(15)6-10/h3-4,6,16-17H,2,5,7-9H2,1H3. The Morgan fingerprint density at radius 1 is 1.29 bits per heavy atom. The van der Waals surface area contributed by atoms with Crippen molar-refractivity contribution in [1.82, 2.24) is 0 Å². The first-order chi connectivity index (χ1) is 8.06. The maximum atomic E-state index is 13.3.